The highest BCUT2D eigenvalue weighted by atomic mass is 16.4. The Morgan fingerprint density at radius 2 is 1.79 bits per heavy atom. The van der Waals surface area contributed by atoms with Gasteiger partial charge in [0.1, 0.15) is 0 Å². The first-order chi connectivity index (χ1) is 9.02. The molecule has 6 nitrogen and oxygen atoms in total. The third-order valence-corrected chi connectivity index (χ3v) is 2.49. The number of benzene rings is 1. The van der Waals surface area contributed by atoms with Crippen molar-refractivity contribution in [1.29, 1.82) is 0 Å². The van der Waals surface area contributed by atoms with E-state index in [1.807, 2.05) is 0 Å². The maximum absolute atomic E-state index is 11.5. The van der Waals surface area contributed by atoms with Gasteiger partial charge < -0.3 is 15.7 Å². The van der Waals surface area contributed by atoms with Crippen LogP contribution in [0.2, 0.25) is 0 Å². The van der Waals surface area contributed by atoms with E-state index >= 15 is 0 Å². The molecule has 0 heterocycles. The lowest BCUT2D eigenvalue weighted by molar-refractivity contribution is -0.138. The van der Waals surface area contributed by atoms with Crippen molar-refractivity contribution >= 4 is 23.5 Å². The Hall–Kier alpha value is -2.37. The molecule has 0 aliphatic heterocycles. The largest absolute Gasteiger partial charge is 0.481 e. The third-order valence-electron chi connectivity index (χ3n) is 2.49. The van der Waals surface area contributed by atoms with E-state index in [-0.39, 0.29) is 31.1 Å². The fourth-order valence-corrected chi connectivity index (χ4v) is 1.49. The second kappa shape index (κ2) is 7.15. The van der Waals surface area contributed by atoms with E-state index in [1.165, 1.54) is 7.05 Å². The number of carboxylic acid groups (broad SMARTS) is 1. The summed E-state index contributed by atoms with van der Waals surface area (Å²) in [5.74, 6) is -1.56. The van der Waals surface area contributed by atoms with Gasteiger partial charge in [-0.25, -0.2) is 0 Å². The van der Waals surface area contributed by atoms with Gasteiger partial charge in [0.05, 0.1) is 12.8 Å². The lowest BCUT2D eigenvalue weighted by Crippen LogP contribution is -2.21. The molecule has 0 atom stereocenters. The molecule has 3 N–H and O–H groups in total. The van der Waals surface area contributed by atoms with E-state index in [0.29, 0.717) is 11.3 Å². The molecule has 0 aliphatic carbocycles. The molecule has 0 saturated heterocycles. The summed E-state index contributed by atoms with van der Waals surface area (Å²) in [4.78, 5) is 33.3. The van der Waals surface area contributed by atoms with Crippen molar-refractivity contribution in [3.63, 3.8) is 0 Å². The molecular formula is C13H16N2O4. The number of carbonyl (C=O) groups is 3. The summed E-state index contributed by atoms with van der Waals surface area (Å²) >= 11 is 0. The highest BCUT2D eigenvalue weighted by Gasteiger charge is 2.10. The van der Waals surface area contributed by atoms with Crippen LogP contribution in [0.1, 0.15) is 18.4 Å². The Morgan fingerprint density at radius 3 is 2.42 bits per heavy atom. The van der Waals surface area contributed by atoms with Crippen LogP contribution in [0.5, 0.6) is 0 Å². The maximum Gasteiger partial charge on any atom is 0.303 e. The number of para-hydroxylation sites is 1. The first-order valence-corrected chi connectivity index (χ1v) is 5.83. The SMILES string of the molecule is CNC(=O)Cc1ccccc1NC(=O)CCC(=O)O. The fourth-order valence-electron chi connectivity index (χ4n) is 1.49. The summed E-state index contributed by atoms with van der Waals surface area (Å²) in [7, 11) is 1.54. The molecule has 0 aliphatic rings. The minimum absolute atomic E-state index is 0.0936. The highest BCUT2D eigenvalue weighted by molar-refractivity contribution is 5.94. The highest BCUT2D eigenvalue weighted by Crippen LogP contribution is 2.16. The van der Waals surface area contributed by atoms with Crippen LogP contribution in [-0.2, 0) is 20.8 Å². The van der Waals surface area contributed by atoms with Crippen molar-refractivity contribution < 1.29 is 19.5 Å². The van der Waals surface area contributed by atoms with Gasteiger partial charge in [0.15, 0.2) is 0 Å². The summed E-state index contributed by atoms with van der Waals surface area (Å²) in [6.07, 6.45) is -0.154. The van der Waals surface area contributed by atoms with Crippen LogP contribution < -0.4 is 10.6 Å². The summed E-state index contributed by atoms with van der Waals surface area (Å²) in [5.41, 5.74) is 1.21. The average molecular weight is 264 g/mol. The van der Waals surface area contributed by atoms with Crippen LogP contribution in [0.4, 0.5) is 5.69 Å². The smallest absolute Gasteiger partial charge is 0.303 e. The van der Waals surface area contributed by atoms with Crippen molar-refractivity contribution in [2.75, 3.05) is 12.4 Å². The third kappa shape index (κ3) is 5.20. The number of likely N-dealkylation sites (N-methyl/N-ethyl adjacent to an activating group) is 1. The molecule has 0 fully saturated rings. The van der Waals surface area contributed by atoms with Gasteiger partial charge in [0, 0.05) is 19.2 Å². The predicted molar refractivity (Wildman–Crippen MR) is 69.7 cm³/mol. The molecule has 0 bridgehead atoms. The van der Waals surface area contributed by atoms with E-state index in [1.54, 1.807) is 24.3 Å². The molecule has 1 aromatic rings. The topological polar surface area (TPSA) is 95.5 Å². The number of hydrogen-bond donors (Lipinski definition) is 3. The Bertz CT molecular complexity index is 485. The van der Waals surface area contributed by atoms with Gasteiger partial charge in [-0.05, 0) is 11.6 Å². The monoisotopic (exact) mass is 264 g/mol. The van der Waals surface area contributed by atoms with E-state index in [9.17, 15) is 14.4 Å². The second-order valence-electron chi connectivity index (χ2n) is 3.95. The molecular weight excluding hydrogens is 248 g/mol. The van der Waals surface area contributed by atoms with Gasteiger partial charge in [-0.3, -0.25) is 14.4 Å². The first kappa shape index (κ1) is 14.7. The lowest BCUT2D eigenvalue weighted by Gasteiger charge is -2.10. The fraction of sp³-hybridized carbons (Fsp3) is 0.308. The number of amides is 2. The zero-order valence-corrected chi connectivity index (χ0v) is 10.6. The molecule has 2 amide bonds. The number of nitrogens with one attached hydrogen (secondary N) is 2. The number of anilines is 1. The van der Waals surface area contributed by atoms with Crippen molar-refractivity contribution in [3.8, 4) is 0 Å². The van der Waals surface area contributed by atoms with Crippen molar-refractivity contribution in [2.24, 2.45) is 0 Å². The number of rotatable bonds is 6. The van der Waals surface area contributed by atoms with Gasteiger partial charge in [0.25, 0.3) is 0 Å². The molecule has 102 valence electrons. The summed E-state index contributed by atoms with van der Waals surface area (Å²) in [6.45, 7) is 0. The van der Waals surface area contributed by atoms with E-state index in [0.717, 1.165) is 0 Å². The summed E-state index contributed by atoms with van der Waals surface area (Å²) < 4.78 is 0. The van der Waals surface area contributed by atoms with Crippen LogP contribution in [0.15, 0.2) is 24.3 Å². The predicted octanol–water partition coefficient (Wildman–Crippen LogP) is 0.778. The van der Waals surface area contributed by atoms with Gasteiger partial charge in [0.2, 0.25) is 11.8 Å². The molecule has 6 heteroatoms. The molecule has 19 heavy (non-hydrogen) atoms. The van der Waals surface area contributed by atoms with E-state index in [2.05, 4.69) is 10.6 Å². The van der Waals surface area contributed by atoms with Crippen LogP contribution >= 0.6 is 0 Å². The average Bonchev–Trinajstić information content (AvgIpc) is 2.38. The molecule has 0 unspecified atom stereocenters. The summed E-state index contributed by atoms with van der Waals surface area (Å²) in [5, 5.41) is 13.6. The number of aliphatic carboxylic acids is 1. The van der Waals surface area contributed by atoms with Gasteiger partial charge in [-0.1, -0.05) is 18.2 Å². The van der Waals surface area contributed by atoms with Crippen molar-refractivity contribution in [1.82, 2.24) is 5.32 Å². The van der Waals surface area contributed by atoms with Gasteiger partial charge >= 0.3 is 5.97 Å². The zero-order valence-electron chi connectivity index (χ0n) is 10.6. The molecule has 0 aromatic heterocycles. The van der Waals surface area contributed by atoms with Crippen molar-refractivity contribution in [2.45, 2.75) is 19.3 Å². The van der Waals surface area contributed by atoms with Crippen LogP contribution in [0.25, 0.3) is 0 Å². The van der Waals surface area contributed by atoms with Crippen LogP contribution in [0.3, 0.4) is 0 Å². The van der Waals surface area contributed by atoms with Gasteiger partial charge in [-0.2, -0.15) is 0 Å². The van der Waals surface area contributed by atoms with Gasteiger partial charge in [-0.15, -0.1) is 0 Å². The van der Waals surface area contributed by atoms with E-state index < -0.39 is 5.97 Å². The lowest BCUT2D eigenvalue weighted by atomic mass is 10.1. The summed E-state index contributed by atoms with van der Waals surface area (Å²) in [6, 6.07) is 6.92. The molecule has 1 rings (SSSR count). The number of carbonyl (C=O) groups excluding carboxylic acids is 2. The normalized spacial score (nSPS) is 9.74. The Morgan fingerprint density at radius 1 is 1.11 bits per heavy atom. The standard InChI is InChI=1S/C13H16N2O4/c1-14-12(17)8-9-4-2-3-5-10(9)15-11(16)6-7-13(18)19/h2-5H,6-8H2,1H3,(H,14,17)(H,15,16)(H,18,19). The van der Waals surface area contributed by atoms with Crippen molar-refractivity contribution in [3.05, 3.63) is 29.8 Å². The first-order valence-electron chi connectivity index (χ1n) is 5.83. The van der Waals surface area contributed by atoms with Crippen LogP contribution in [0, 0.1) is 0 Å². The quantitative estimate of drug-likeness (QED) is 0.707. The Balaban J connectivity index is 2.69. The Labute approximate surface area is 110 Å². The Kier molecular flexibility index (Phi) is 5.53. The number of hydrogen-bond acceptors (Lipinski definition) is 3. The molecule has 0 radical (unpaired) electrons. The van der Waals surface area contributed by atoms with Crippen LogP contribution in [-0.4, -0.2) is 29.9 Å². The second-order valence-corrected chi connectivity index (χ2v) is 3.95. The maximum atomic E-state index is 11.5. The van der Waals surface area contributed by atoms with E-state index in [4.69, 9.17) is 5.11 Å². The zero-order chi connectivity index (χ0) is 14.3. The molecule has 0 spiro atoms. The minimum Gasteiger partial charge on any atom is -0.481 e. The molecule has 1 aromatic carbocycles. The minimum atomic E-state index is -1.02. The number of carboxylic acids is 1. The molecule has 0 saturated carbocycles.